The number of methoxy groups -OCH3 is 1. The van der Waals surface area contributed by atoms with Crippen LogP contribution in [0.15, 0.2) is 42.5 Å². The van der Waals surface area contributed by atoms with Gasteiger partial charge in [-0.25, -0.2) is 0 Å². The molecule has 0 radical (unpaired) electrons. The topological polar surface area (TPSA) is 36.3 Å². The van der Waals surface area contributed by atoms with Crippen molar-refractivity contribution in [3.8, 4) is 5.75 Å². The van der Waals surface area contributed by atoms with Gasteiger partial charge in [-0.05, 0) is 17.7 Å². The number of rotatable bonds is 3. The van der Waals surface area contributed by atoms with E-state index < -0.39 is 0 Å². The first-order chi connectivity index (χ1) is 9.70. The van der Waals surface area contributed by atoms with E-state index in [1.807, 2.05) is 41.3 Å². The van der Waals surface area contributed by atoms with Gasteiger partial charge in [0.05, 0.1) is 7.11 Å². The number of nitrogens with one attached hydrogen (secondary N) is 1. The lowest BCUT2D eigenvalue weighted by atomic mass is 10.1. The van der Waals surface area contributed by atoms with E-state index >= 15 is 0 Å². The fraction of sp³-hybridized carbons (Fsp3) is 0.188. The normalized spacial score (nSPS) is 13.5. The third-order valence-electron chi connectivity index (χ3n) is 3.59. The van der Waals surface area contributed by atoms with Crippen molar-refractivity contribution in [2.45, 2.75) is 13.1 Å². The van der Waals surface area contributed by atoms with Gasteiger partial charge in [0.15, 0.2) is 0 Å². The van der Waals surface area contributed by atoms with Gasteiger partial charge >= 0.3 is 0 Å². The van der Waals surface area contributed by atoms with E-state index in [2.05, 4.69) is 6.07 Å². The van der Waals surface area contributed by atoms with Gasteiger partial charge in [0.25, 0.3) is 0 Å². The summed E-state index contributed by atoms with van der Waals surface area (Å²) in [4.78, 5) is 2.01. The third kappa shape index (κ3) is 2.14. The number of fused-ring (bicyclic) bond motifs is 1. The summed E-state index contributed by atoms with van der Waals surface area (Å²) in [6.07, 6.45) is 0. The minimum Gasteiger partial charge on any atom is -0.496 e. The molecule has 0 aliphatic carbocycles. The van der Waals surface area contributed by atoms with Crippen LogP contribution in [0.4, 0.5) is 0 Å². The Morgan fingerprint density at radius 1 is 1.20 bits per heavy atom. The zero-order chi connectivity index (χ0) is 14.1. The smallest absolute Gasteiger partial charge is 0.129 e. The number of halogens is 1. The average Bonchev–Trinajstić information content (AvgIpc) is 2.78. The molecule has 0 fully saturated rings. The van der Waals surface area contributed by atoms with Crippen LogP contribution < -0.4 is 4.74 Å². The average molecular weight is 287 g/mol. The first kappa shape index (κ1) is 13.0. The molecule has 3 nitrogen and oxygen atoms in total. The van der Waals surface area contributed by atoms with Crippen LogP contribution in [0, 0.1) is 5.41 Å². The van der Waals surface area contributed by atoms with Gasteiger partial charge in [-0.3, -0.25) is 5.41 Å². The molecule has 2 aromatic carbocycles. The summed E-state index contributed by atoms with van der Waals surface area (Å²) in [5.74, 6) is 1.31. The molecule has 0 spiro atoms. The summed E-state index contributed by atoms with van der Waals surface area (Å²) >= 11 is 6.27. The molecule has 0 saturated carbocycles. The van der Waals surface area contributed by atoms with Crippen LogP contribution >= 0.6 is 11.6 Å². The Morgan fingerprint density at radius 2 is 2.00 bits per heavy atom. The lowest BCUT2D eigenvalue weighted by Crippen LogP contribution is -2.23. The summed E-state index contributed by atoms with van der Waals surface area (Å²) in [5, 5.41) is 8.95. The van der Waals surface area contributed by atoms with E-state index in [9.17, 15) is 0 Å². The van der Waals surface area contributed by atoms with Crippen LogP contribution in [0.25, 0.3) is 0 Å². The molecule has 0 saturated heterocycles. The Hall–Kier alpha value is -2.00. The van der Waals surface area contributed by atoms with E-state index in [-0.39, 0.29) is 0 Å². The zero-order valence-corrected chi connectivity index (χ0v) is 11.9. The molecule has 0 amide bonds. The van der Waals surface area contributed by atoms with Crippen LogP contribution in [-0.4, -0.2) is 17.8 Å². The van der Waals surface area contributed by atoms with Crippen molar-refractivity contribution in [2.75, 3.05) is 7.11 Å². The van der Waals surface area contributed by atoms with Crippen LogP contribution in [0.5, 0.6) is 5.75 Å². The molecule has 0 aromatic heterocycles. The van der Waals surface area contributed by atoms with Gasteiger partial charge in [-0.15, -0.1) is 0 Å². The molecule has 1 aliphatic rings. The van der Waals surface area contributed by atoms with Crippen molar-refractivity contribution in [2.24, 2.45) is 0 Å². The second kappa shape index (κ2) is 5.17. The van der Waals surface area contributed by atoms with E-state index in [1.54, 1.807) is 7.11 Å². The number of amidine groups is 1. The quantitative estimate of drug-likeness (QED) is 0.934. The highest BCUT2D eigenvalue weighted by Crippen LogP contribution is 2.31. The standard InChI is InChI=1S/C16H15ClN2O/c1-20-15-8-4-7-14(17)13(15)10-19-9-11-5-2-3-6-12(11)16(19)18/h2-8,18H,9-10H2,1H3. The summed E-state index contributed by atoms with van der Waals surface area (Å²) in [6, 6.07) is 13.6. The van der Waals surface area contributed by atoms with Crippen LogP contribution in [0.1, 0.15) is 16.7 Å². The van der Waals surface area contributed by atoms with Crippen molar-refractivity contribution in [3.05, 3.63) is 64.2 Å². The Balaban J connectivity index is 1.90. The zero-order valence-electron chi connectivity index (χ0n) is 11.2. The van der Waals surface area contributed by atoms with Crippen molar-refractivity contribution in [1.82, 2.24) is 4.90 Å². The molecule has 20 heavy (non-hydrogen) atoms. The molecular formula is C16H15ClN2O. The molecule has 1 heterocycles. The maximum Gasteiger partial charge on any atom is 0.129 e. The molecule has 4 heteroatoms. The number of hydrogen-bond donors (Lipinski definition) is 1. The minimum atomic E-state index is 0.544. The van der Waals surface area contributed by atoms with E-state index in [4.69, 9.17) is 21.7 Å². The summed E-state index contributed by atoms with van der Waals surface area (Å²) in [5.41, 5.74) is 3.11. The molecule has 0 atom stereocenters. The van der Waals surface area contributed by atoms with Crippen LogP contribution in [0.3, 0.4) is 0 Å². The van der Waals surface area contributed by atoms with Crippen molar-refractivity contribution in [1.29, 1.82) is 5.41 Å². The second-order valence-electron chi connectivity index (χ2n) is 4.78. The van der Waals surface area contributed by atoms with Crippen molar-refractivity contribution in [3.63, 3.8) is 0 Å². The van der Waals surface area contributed by atoms with Gasteiger partial charge < -0.3 is 9.64 Å². The summed E-state index contributed by atoms with van der Waals surface area (Å²) in [7, 11) is 1.64. The van der Waals surface area contributed by atoms with Crippen LogP contribution in [0.2, 0.25) is 5.02 Å². The molecule has 0 bridgehead atoms. The molecule has 3 rings (SSSR count). The van der Waals surface area contributed by atoms with Crippen LogP contribution in [-0.2, 0) is 13.1 Å². The first-order valence-electron chi connectivity index (χ1n) is 6.44. The van der Waals surface area contributed by atoms with Gasteiger partial charge in [0, 0.05) is 29.2 Å². The monoisotopic (exact) mass is 286 g/mol. The largest absolute Gasteiger partial charge is 0.496 e. The van der Waals surface area contributed by atoms with E-state index in [1.165, 1.54) is 5.56 Å². The van der Waals surface area contributed by atoms with Gasteiger partial charge in [0.1, 0.15) is 11.6 Å². The molecule has 1 N–H and O–H groups in total. The highest BCUT2D eigenvalue weighted by molar-refractivity contribution is 6.31. The fourth-order valence-electron chi connectivity index (χ4n) is 2.55. The highest BCUT2D eigenvalue weighted by atomic mass is 35.5. The second-order valence-corrected chi connectivity index (χ2v) is 5.19. The van der Waals surface area contributed by atoms with E-state index in [0.29, 0.717) is 17.4 Å². The first-order valence-corrected chi connectivity index (χ1v) is 6.81. The maximum atomic E-state index is 8.28. The van der Waals surface area contributed by atoms with Gasteiger partial charge in [-0.1, -0.05) is 41.9 Å². The molecule has 102 valence electrons. The Bertz CT molecular complexity index is 669. The third-order valence-corrected chi connectivity index (χ3v) is 3.95. The van der Waals surface area contributed by atoms with E-state index in [0.717, 1.165) is 23.4 Å². The number of ether oxygens (including phenoxy) is 1. The fourth-order valence-corrected chi connectivity index (χ4v) is 2.78. The SMILES string of the molecule is COc1cccc(Cl)c1CN1Cc2ccccc2C1=N. The predicted octanol–water partition coefficient (Wildman–Crippen LogP) is 3.69. The maximum absolute atomic E-state index is 8.28. The Kier molecular flexibility index (Phi) is 3.36. The molecular weight excluding hydrogens is 272 g/mol. The Labute approximate surface area is 123 Å². The van der Waals surface area contributed by atoms with Crippen molar-refractivity contribution < 1.29 is 4.74 Å². The predicted molar refractivity (Wildman–Crippen MR) is 80.5 cm³/mol. The molecule has 0 unspecified atom stereocenters. The highest BCUT2D eigenvalue weighted by Gasteiger charge is 2.25. The number of benzene rings is 2. The lowest BCUT2D eigenvalue weighted by Gasteiger charge is -2.20. The minimum absolute atomic E-state index is 0.544. The van der Waals surface area contributed by atoms with Crippen molar-refractivity contribution >= 4 is 17.4 Å². The molecule has 1 aliphatic heterocycles. The van der Waals surface area contributed by atoms with Gasteiger partial charge in [-0.2, -0.15) is 0 Å². The Morgan fingerprint density at radius 3 is 2.75 bits per heavy atom. The summed E-state index contributed by atoms with van der Waals surface area (Å²) < 4.78 is 5.37. The number of nitrogens with zero attached hydrogens (tertiary/aromatic N) is 1. The van der Waals surface area contributed by atoms with Gasteiger partial charge in [0.2, 0.25) is 0 Å². The summed E-state index contributed by atoms with van der Waals surface area (Å²) in [6.45, 7) is 1.32. The lowest BCUT2D eigenvalue weighted by molar-refractivity contribution is 0.382. The molecule has 2 aromatic rings. The number of hydrogen-bond acceptors (Lipinski definition) is 2.